The monoisotopic (exact) mass is 362 g/mol. The van der Waals surface area contributed by atoms with Crippen molar-refractivity contribution in [1.29, 1.82) is 0 Å². The highest BCUT2D eigenvalue weighted by Gasteiger charge is 2.33. The van der Waals surface area contributed by atoms with Gasteiger partial charge in [-0.25, -0.2) is 13.2 Å². The molecule has 2 rings (SSSR count). The Balaban J connectivity index is 0.00000264. The van der Waals surface area contributed by atoms with Gasteiger partial charge in [-0.05, 0) is 50.5 Å². The zero-order chi connectivity index (χ0) is 16.3. The zero-order valence-corrected chi connectivity index (χ0v) is 14.9. The number of carbonyl (C=O) groups is 1. The summed E-state index contributed by atoms with van der Waals surface area (Å²) in [4.78, 5) is 11.8. The number of hydrogen-bond acceptors (Lipinski definition) is 5. The van der Waals surface area contributed by atoms with Crippen LogP contribution in [0.25, 0.3) is 0 Å². The quantitative estimate of drug-likeness (QED) is 0.804. The molecule has 0 aromatic heterocycles. The van der Waals surface area contributed by atoms with Crippen LogP contribution in [0.1, 0.15) is 30.6 Å². The van der Waals surface area contributed by atoms with Gasteiger partial charge in [0.15, 0.2) is 0 Å². The lowest BCUT2D eigenvalue weighted by Crippen LogP contribution is -2.33. The molecule has 0 aliphatic carbocycles. The molecule has 0 saturated carbocycles. The Morgan fingerprint density at radius 3 is 2.48 bits per heavy atom. The van der Waals surface area contributed by atoms with Crippen LogP contribution in [0, 0.1) is 5.92 Å². The van der Waals surface area contributed by atoms with Gasteiger partial charge in [0.05, 0.1) is 17.1 Å². The predicted octanol–water partition coefficient (Wildman–Crippen LogP) is 1.64. The van der Waals surface area contributed by atoms with Crippen molar-refractivity contribution in [1.82, 2.24) is 4.31 Å². The zero-order valence-electron chi connectivity index (χ0n) is 13.3. The van der Waals surface area contributed by atoms with E-state index in [0.29, 0.717) is 18.7 Å². The Kier molecular flexibility index (Phi) is 7.01. The standard InChI is InChI=1S/C15H22N2O4S.ClH/c1-3-21-15(18)12-4-6-14(7-5-12)22(19,20)17-9-8-13(10-17)11(2)16;/h4-7,11,13H,3,8-10,16H2,1-2H3;1H. The summed E-state index contributed by atoms with van der Waals surface area (Å²) in [6.07, 6.45) is 0.776. The van der Waals surface area contributed by atoms with Crippen LogP contribution in [0.4, 0.5) is 0 Å². The van der Waals surface area contributed by atoms with Crippen molar-refractivity contribution in [2.24, 2.45) is 11.7 Å². The van der Waals surface area contributed by atoms with Gasteiger partial charge < -0.3 is 10.5 Å². The van der Waals surface area contributed by atoms with E-state index in [9.17, 15) is 13.2 Å². The lowest BCUT2D eigenvalue weighted by Gasteiger charge is -2.18. The van der Waals surface area contributed by atoms with Crippen molar-refractivity contribution in [2.75, 3.05) is 19.7 Å². The maximum Gasteiger partial charge on any atom is 0.338 e. The highest BCUT2D eigenvalue weighted by molar-refractivity contribution is 7.89. The summed E-state index contributed by atoms with van der Waals surface area (Å²) < 4.78 is 31.5. The number of rotatable bonds is 5. The van der Waals surface area contributed by atoms with Gasteiger partial charge in [0, 0.05) is 19.1 Å². The predicted molar refractivity (Wildman–Crippen MR) is 90.2 cm³/mol. The lowest BCUT2D eigenvalue weighted by molar-refractivity contribution is 0.0526. The molecule has 1 saturated heterocycles. The number of nitrogens with two attached hydrogens (primary N) is 1. The Bertz CT molecular complexity index is 631. The highest BCUT2D eigenvalue weighted by Crippen LogP contribution is 2.25. The van der Waals surface area contributed by atoms with Crippen LogP contribution in [0.3, 0.4) is 0 Å². The second kappa shape index (κ2) is 8.10. The third-order valence-electron chi connectivity index (χ3n) is 3.93. The molecule has 2 N–H and O–H groups in total. The van der Waals surface area contributed by atoms with Crippen LogP contribution in [0.2, 0.25) is 0 Å². The Hall–Kier alpha value is -1.15. The van der Waals surface area contributed by atoms with Crippen molar-refractivity contribution in [2.45, 2.75) is 31.2 Å². The maximum atomic E-state index is 12.6. The van der Waals surface area contributed by atoms with E-state index in [1.165, 1.54) is 28.6 Å². The van der Waals surface area contributed by atoms with Crippen LogP contribution < -0.4 is 5.73 Å². The fraction of sp³-hybridized carbons (Fsp3) is 0.533. The summed E-state index contributed by atoms with van der Waals surface area (Å²) in [6, 6.07) is 5.82. The van der Waals surface area contributed by atoms with Crippen molar-refractivity contribution in [3.63, 3.8) is 0 Å². The molecule has 2 atom stereocenters. The summed E-state index contributed by atoms with van der Waals surface area (Å²) in [5.41, 5.74) is 6.19. The maximum absolute atomic E-state index is 12.6. The van der Waals surface area contributed by atoms with Crippen LogP contribution in [-0.4, -0.2) is 44.4 Å². The van der Waals surface area contributed by atoms with Crippen molar-refractivity contribution >= 4 is 28.4 Å². The van der Waals surface area contributed by atoms with Gasteiger partial charge in [-0.2, -0.15) is 4.31 Å². The number of ether oxygens (including phenoxy) is 1. The fourth-order valence-electron chi connectivity index (χ4n) is 2.53. The van der Waals surface area contributed by atoms with Gasteiger partial charge in [0.2, 0.25) is 10.0 Å². The van der Waals surface area contributed by atoms with Crippen molar-refractivity contribution in [3.05, 3.63) is 29.8 Å². The normalized spacial score (nSPS) is 19.9. The summed E-state index contributed by atoms with van der Waals surface area (Å²) >= 11 is 0. The number of esters is 1. The first-order valence-electron chi connectivity index (χ1n) is 7.39. The van der Waals surface area contributed by atoms with E-state index < -0.39 is 16.0 Å². The van der Waals surface area contributed by atoms with E-state index in [1.54, 1.807) is 6.92 Å². The SMILES string of the molecule is CCOC(=O)c1ccc(S(=O)(=O)N2CCC(C(C)N)C2)cc1.Cl. The van der Waals surface area contributed by atoms with E-state index in [1.807, 2.05) is 6.92 Å². The first kappa shape index (κ1) is 19.9. The number of nitrogens with zero attached hydrogens (tertiary/aromatic N) is 1. The van der Waals surface area contributed by atoms with Gasteiger partial charge in [0.25, 0.3) is 0 Å². The lowest BCUT2D eigenvalue weighted by atomic mass is 10.0. The molecular weight excluding hydrogens is 340 g/mol. The number of halogens is 1. The highest BCUT2D eigenvalue weighted by atomic mass is 35.5. The van der Waals surface area contributed by atoms with Gasteiger partial charge >= 0.3 is 5.97 Å². The molecule has 0 spiro atoms. The smallest absolute Gasteiger partial charge is 0.338 e. The minimum Gasteiger partial charge on any atom is -0.462 e. The molecule has 6 nitrogen and oxygen atoms in total. The van der Waals surface area contributed by atoms with E-state index >= 15 is 0 Å². The van der Waals surface area contributed by atoms with Gasteiger partial charge in [-0.15, -0.1) is 12.4 Å². The molecule has 0 amide bonds. The summed E-state index contributed by atoms with van der Waals surface area (Å²) in [7, 11) is -3.53. The number of carbonyl (C=O) groups excluding carboxylic acids is 1. The van der Waals surface area contributed by atoms with Crippen molar-refractivity contribution < 1.29 is 17.9 Å². The second-order valence-electron chi connectivity index (χ2n) is 5.52. The Morgan fingerprint density at radius 1 is 1.39 bits per heavy atom. The van der Waals surface area contributed by atoms with Gasteiger partial charge in [0.1, 0.15) is 0 Å². The Labute approximate surface area is 143 Å². The molecule has 1 aromatic carbocycles. The molecule has 130 valence electrons. The number of hydrogen-bond donors (Lipinski definition) is 1. The van der Waals surface area contributed by atoms with Crippen LogP contribution in [0.15, 0.2) is 29.2 Å². The average molecular weight is 363 g/mol. The molecule has 8 heteroatoms. The molecule has 1 fully saturated rings. The van der Waals surface area contributed by atoms with E-state index in [4.69, 9.17) is 10.5 Å². The Morgan fingerprint density at radius 2 is 2.00 bits per heavy atom. The molecule has 1 aliphatic heterocycles. The van der Waals surface area contributed by atoms with Crippen LogP contribution >= 0.6 is 12.4 Å². The average Bonchev–Trinajstić information content (AvgIpc) is 2.98. The van der Waals surface area contributed by atoms with Crippen molar-refractivity contribution in [3.8, 4) is 0 Å². The second-order valence-corrected chi connectivity index (χ2v) is 7.45. The molecule has 0 bridgehead atoms. The van der Waals surface area contributed by atoms with Crippen LogP contribution in [0.5, 0.6) is 0 Å². The fourth-order valence-corrected chi connectivity index (χ4v) is 4.04. The van der Waals surface area contributed by atoms with E-state index in [0.717, 1.165) is 6.42 Å². The summed E-state index contributed by atoms with van der Waals surface area (Å²) in [5, 5.41) is 0. The molecule has 0 radical (unpaired) electrons. The van der Waals surface area contributed by atoms with E-state index in [-0.39, 0.29) is 35.9 Å². The first-order chi connectivity index (χ1) is 10.4. The molecule has 2 unspecified atom stereocenters. The molecule has 23 heavy (non-hydrogen) atoms. The topological polar surface area (TPSA) is 89.7 Å². The molecule has 1 aromatic rings. The van der Waals surface area contributed by atoms with Gasteiger partial charge in [-0.1, -0.05) is 0 Å². The number of sulfonamides is 1. The number of benzene rings is 1. The minimum absolute atomic E-state index is 0. The van der Waals surface area contributed by atoms with Crippen LogP contribution in [-0.2, 0) is 14.8 Å². The summed E-state index contributed by atoms with van der Waals surface area (Å²) in [6.45, 7) is 4.83. The molecule has 1 heterocycles. The third kappa shape index (κ3) is 4.44. The van der Waals surface area contributed by atoms with Gasteiger partial charge in [-0.3, -0.25) is 0 Å². The largest absolute Gasteiger partial charge is 0.462 e. The summed E-state index contributed by atoms with van der Waals surface area (Å²) in [5.74, 6) is -0.266. The minimum atomic E-state index is -3.53. The third-order valence-corrected chi connectivity index (χ3v) is 5.81. The molecular formula is C15H23ClN2O4S. The van der Waals surface area contributed by atoms with E-state index in [2.05, 4.69) is 0 Å². The first-order valence-corrected chi connectivity index (χ1v) is 8.83. The molecule has 1 aliphatic rings.